The van der Waals surface area contributed by atoms with Crippen LogP contribution in [-0.4, -0.2) is 30.4 Å². The molecule has 0 bridgehead atoms. The molecule has 0 aromatic heterocycles. The van der Waals surface area contributed by atoms with E-state index in [2.05, 4.69) is 10.3 Å². The fourth-order valence-electron chi connectivity index (χ4n) is 2.33. The van der Waals surface area contributed by atoms with E-state index < -0.39 is 0 Å². The molecule has 0 atom stereocenters. The van der Waals surface area contributed by atoms with Crippen LogP contribution in [0.5, 0.6) is 5.75 Å². The molecule has 2 N–H and O–H groups in total. The molecule has 0 radical (unpaired) electrons. The van der Waals surface area contributed by atoms with Crippen LogP contribution in [0.25, 0.3) is 0 Å². The number of hydrogen-bond acceptors (Lipinski definition) is 3. The smallest absolute Gasteiger partial charge is 0.358 e. The lowest BCUT2D eigenvalue weighted by atomic mass is 10.2. The van der Waals surface area contributed by atoms with E-state index in [0.29, 0.717) is 19.0 Å². The lowest BCUT2D eigenvalue weighted by Gasteiger charge is -2.12. The number of nitrogens with one attached hydrogen (secondary N) is 2. The van der Waals surface area contributed by atoms with Crippen molar-refractivity contribution in [1.29, 1.82) is 0 Å². The number of carbonyl (C=O) groups excluding carboxylic acids is 1. The Kier molecular flexibility index (Phi) is 4.05. The van der Waals surface area contributed by atoms with Gasteiger partial charge in [-0.1, -0.05) is 30.3 Å². The minimum Gasteiger partial charge on any atom is -0.497 e. The fraction of sp³-hybridized carbons (Fsp3) is 0.176. The van der Waals surface area contributed by atoms with Gasteiger partial charge in [-0.25, -0.2) is 5.32 Å². The third kappa shape index (κ3) is 3.09. The zero-order chi connectivity index (χ0) is 15.4. The van der Waals surface area contributed by atoms with Gasteiger partial charge in [0.2, 0.25) is 0 Å². The molecule has 1 aliphatic rings. The monoisotopic (exact) mass is 296 g/mol. The van der Waals surface area contributed by atoms with Gasteiger partial charge in [-0.05, 0) is 29.8 Å². The third-order valence-electron chi connectivity index (χ3n) is 3.51. The Balaban J connectivity index is 1.72. The second kappa shape index (κ2) is 6.30. The molecule has 112 valence electrons. The number of ether oxygens (including phenoxy) is 1. The van der Waals surface area contributed by atoms with E-state index in [-0.39, 0.29) is 5.91 Å². The summed E-state index contributed by atoms with van der Waals surface area (Å²) in [5.41, 5.74) is 1.99. The molecule has 1 aliphatic heterocycles. The van der Waals surface area contributed by atoms with Crippen LogP contribution in [0.3, 0.4) is 0 Å². The van der Waals surface area contributed by atoms with Crippen molar-refractivity contribution in [1.82, 2.24) is 4.90 Å². The lowest BCUT2D eigenvalue weighted by Crippen LogP contribution is -2.72. The Hall–Kier alpha value is -2.82. The predicted octanol–water partition coefficient (Wildman–Crippen LogP) is 0.586. The van der Waals surface area contributed by atoms with Gasteiger partial charge in [0, 0.05) is 0 Å². The maximum absolute atomic E-state index is 12.1. The minimum absolute atomic E-state index is 0.0554. The number of guanidine groups is 1. The van der Waals surface area contributed by atoms with E-state index >= 15 is 0 Å². The number of rotatable bonds is 4. The Morgan fingerprint density at radius 2 is 1.86 bits per heavy atom. The van der Waals surface area contributed by atoms with Gasteiger partial charge in [0.1, 0.15) is 12.3 Å². The van der Waals surface area contributed by atoms with Crippen LogP contribution in [0.4, 0.5) is 5.69 Å². The standard InChI is InChI=1S/C17H17N3O2/c1-22-15-9-7-14(8-10-15)19-17-18-11-16(21)20(17)12-13-5-3-2-4-6-13/h2-10H,11-12H2,1H3,(H,18,19)/p+1. The molecule has 0 spiro atoms. The van der Waals surface area contributed by atoms with Crippen molar-refractivity contribution in [3.05, 3.63) is 60.2 Å². The molecule has 0 saturated heterocycles. The number of methoxy groups -OCH3 is 1. The summed E-state index contributed by atoms with van der Waals surface area (Å²) in [7, 11) is 1.63. The normalized spacial score (nSPS) is 14.0. The maximum atomic E-state index is 12.1. The van der Waals surface area contributed by atoms with Gasteiger partial charge in [0.15, 0.2) is 6.54 Å². The Morgan fingerprint density at radius 3 is 2.55 bits per heavy atom. The number of amides is 1. The van der Waals surface area contributed by atoms with Gasteiger partial charge in [0.05, 0.1) is 12.8 Å². The highest BCUT2D eigenvalue weighted by atomic mass is 16.5. The van der Waals surface area contributed by atoms with E-state index in [4.69, 9.17) is 4.74 Å². The second-order valence-electron chi connectivity index (χ2n) is 5.02. The molecular weight excluding hydrogens is 278 g/mol. The number of nitrogens with zero attached hydrogens (tertiary/aromatic N) is 1. The van der Waals surface area contributed by atoms with Gasteiger partial charge in [-0.2, -0.15) is 4.90 Å². The van der Waals surface area contributed by atoms with Gasteiger partial charge in [-0.15, -0.1) is 0 Å². The highest BCUT2D eigenvalue weighted by Crippen LogP contribution is 2.15. The summed E-state index contributed by atoms with van der Waals surface area (Å²) in [5.74, 6) is 1.56. The van der Waals surface area contributed by atoms with E-state index in [1.807, 2.05) is 54.6 Å². The van der Waals surface area contributed by atoms with Crippen molar-refractivity contribution in [3.63, 3.8) is 0 Å². The quantitative estimate of drug-likeness (QED) is 0.868. The molecule has 3 rings (SSSR count). The van der Waals surface area contributed by atoms with Crippen LogP contribution >= 0.6 is 0 Å². The van der Waals surface area contributed by atoms with Crippen LogP contribution in [0, 0.1) is 0 Å². The second-order valence-corrected chi connectivity index (χ2v) is 5.02. The first kappa shape index (κ1) is 14.1. The van der Waals surface area contributed by atoms with Crippen LogP contribution < -0.4 is 15.0 Å². The van der Waals surface area contributed by atoms with Crippen molar-refractivity contribution in [3.8, 4) is 5.75 Å². The van der Waals surface area contributed by atoms with Crippen molar-refractivity contribution in [2.75, 3.05) is 19.0 Å². The average Bonchev–Trinajstić information content (AvgIpc) is 2.90. The molecule has 5 heteroatoms. The molecular formula is C17H18N3O2+. The predicted molar refractivity (Wildman–Crippen MR) is 84.4 cm³/mol. The van der Waals surface area contributed by atoms with E-state index in [0.717, 1.165) is 17.0 Å². The SMILES string of the molecule is COc1ccc(NC2=[NH+]CC(=O)N2Cc2ccccc2)cc1. The maximum Gasteiger partial charge on any atom is 0.358 e. The molecule has 0 saturated carbocycles. The zero-order valence-corrected chi connectivity index (χ0v) is 12.4. The molecule has 0 fully saturated rings. The summed E-state index contributed by atoms with van der Waals surface area (Å²) in [4.78, 5) is 16.9. The third-order valence-corrected chi connectivity index (χ3v) is 3.51. The van der Waals surface area contributed by atoms with Gasteiger partial charge in [-0.3, -0.25) is 9.79 Å². The summed E-state index contributed by atoms with van der Waals surface area (Å²) >= 11 is 0. The molecule has 22 heavy (non-hydrogen) atoms. The highest BCUT2D eigenvalue weighted by Gasteiger charge is 2.32. The molecule has 2 aromatic carbocycles. The molecule has 1 amide bonds. The first-order valence-corrected chi connectivity index (χ1v) is 7.12. The van der Waals surface area contributed by atoms with Crippen LogP contribution in [0.1, 0.15) is 5.56 Å². The largest absolute Gasteiger partial charge is 0.497 e. The van der Waals surface area contributed by atoms with Crippen molar-refractivity contribution in [2.24, 2.45) is 0 Å². The van der Waals surface area contributed by atoms with Crippen molar-refractivity contribution < 1.29 is 14.5 Å². The van der Waals surface area contributed by atoms with Crippen LogP contribution in [0.15, 0.2) is 54.6 Å². The summed E-state index contributed by atoms with van der Waals surface area (Å²) in [5, 5.41) is 3.25. The summed E-state index contributed by atoms with van der Waals surface area (Å²) in [6, 6.07) is 17.5. The Labute approximate surface area is 129 Å². The molecule has 0 aliphatic carbocycles. The Bertz CT molecular complexity index is 681. The molecule has 5 nitrogen and oxygen atoms in total. The van der Waals surface area contributed by atoms with E-state index in [9.17, 15) is 4.79 Å². The van der Waals surface area contributed by atoms with Crippen LogP contribution in [0.2, 0.25) is 0 Å². The highest BCUT2D eigenvalue weighted by molar-refractivity contribution is 6.04. The van der Waals surface area contributed by atoms with E-state index in [1.165, 1.54) is 0 Å². The van der Waals surface area contributed by atoms with Crippen LogP contribution in [-0.2, 0) is 11.3 Å². The van der Waals surface area contributed by atoms with Gasteiger partial charge >= 0.3 is 11.9 Å². The van der Waals surface area contributed by atoms with Gasteiger partial charge < -0.3 is 4.74 Å². The minimum atomic E-state index is 0.0554. The molecule has 0 unspecified atom stereocenters. The first-order valence-electron chi connectivity index (χ1n) is 7.12. The Morgan fingerprint density at radius 1 is 1.14 bits per heavy atom. The molecule has 2 aromatic rings. The van der Waals surface area contributed by atoms with E-state index in [1.54, 1.807) is 12.0 Å². The number of hydrogen-bond donors (Lipinski definition) is 2. The summed E-state index contributed by atoms with van der Waals surface area (Å²) in [6.45, 7) is 0.858. The number of carbonyl (C=O) groups is 1. The molecule has 1 heterocycles. The van der Waals surface area contributed by atoms with Gasteiger partial charge in [0.25, 0.3) is 0 Å². The lowest BCUT2D eigenvalue weighted by molar-refractivity contribution is -0.438. The number of anilines is 1. The first-order chi connectivity index (χ1) is 10.8. The summed E-state index contributed by atoms with van der Waals surface area (Å²) in [6.07, 6.45) is 0. The average molecular weight is 296 g/mol. The fourth-order valence-corrected chi connectivity index (χ4v) is 2.33. The van der Waals surface area contributed by atoms with Crippen molar-refractivity contribution in [2.45, 2.75) is 6.54 Å². The topological polar surface area (TPSA) is 55.5 Å². The number of benzene rings is 2. The zero-order valence-electron chi connectivity index (χ0n) is 12.4. The van der Waals surface area contributed by atoms with Crippen molar-refractivity contribution >= 4 is 17.6 Å². The summed E-state index contributed by atoms with van der Waals surface area (Å²) < 4.78 is 5.14.